The van der Waals surface area contributed by atoms with Gasteiger partial charge in [-0.3, -0.25) is 0 Å². The van der Waals surface area contributed by atoms with Gasteiger partial charge in [-0.05, 0) is 131 Å². The summed E-state index contributed by atoms with van der Waals surface area (Å²) in [5.41, 5.74) is 21.0. The molecule has 0 bridgehead atoms. The molecule has 0 radical (unpaired) electrons. The molecular formula is C44H44. The molecule has 0 aliphatic heterocycles. The first-order valence-electron chi connectivity index (χ1n) is 17.1. The highest BCUT2D eigenvalue weighted by Gasteiger charge is 2.55. The van der Waals surface area contributed by atoms with Crippen LogP contribution in [0, 0.1) is 25.7 Å². The Balaban J connectivity index is 1.41. The quantitative estimate of drug-likeness (QED) is 0.213. The Bertz CT molecular complexity index is 2030. The molecule has 0 N–H and O–H groups in total. The van der Waals surface area contributed by atoms with Crippen molar-refractivity contribution in [1.82, 2.24) is 0 Å². The molecule has 0 nitrogen and oxygen atoms in total. The van der Waals surface area contributed by atoms with Crippen LogP contribution in [0.4, 0.5) is 0 Å². The number of rotatable bonds is 1. The standard InChI is InChI=1S/C44H44/c1-25-20-27(3)31-16-17-34-38-37(19-18-33-36-23-30-14-10-11-15-32(30)40(36)43(5,6)42(33)38)44(41(34)35(31)22-25)24-26(2)21-28(4)39(44)29-12-8-7-9-13-29/h10-11,14-22,24,29,39H,7-9,12-13,23H2,1-6H3. The SMILES string of the molecule is CC1=CC2(c3ccc4c(c3-c3ccc5c(C)cc(C)cc5c32)C(C)(C)C2=C4Cc3ccccc32)C(C2CCCCC2)C(C)=C1. The number of allylic oxidation sites excluding steroid dienone is 6. The molecule has 1 fully saturated rings. The van der Waals surface area contributed by atoms with Gasteiger partial charge in [0.05, 0.1) is 0 Å². The number of hydrogen-bond donors (Lipinski definition) is 0. The van der Waals surface area contributed by atoms with E-state index in [1.165, 1.54) is 81.8 Å². The second kappa shape index (κ2) is 8.97. The zero-order valence-corrected chi connectivity index (χ0v) is 27.3. The summed E-state index contributed by atoms with van der Waals surface area (Å²) in [6.07, 6.45) is 13.1. The van der Waals surface area contributed by atoms with Gasteiger partial charge in [0.1, 0.15) is 0 Å². The lowest BCUT2D eigenvalue weighted by molar-refractivity contribution is 0.227. The third-order valence-electron chi connectivity index (χ3n) is 12.4. The summed E-state index contributed by atoms with van der Waals surface area (Å²) >= 11 is 0. The van der Waals surface area contributed by atoms with Gasteiger partial charge in [0.15, 0.2) is 0 Å². The largest absolute Gasteiger partial charge is 0.0681 e. The Morgan fingerprint density at radius 1 is 0.727 bits per heavy atom. The van der Waals surface area contributed by atoms with Crippen LogP contribution < -0.4 is 0 Å². The Kier molecular flexibility index (Phi) is 5.45. The number of aryl methyl sites for hydroxylation is 2. The van der Waals surface area contributed by atoms with E-state index >= 15 is 0 Å². The maximum Gasteiger partial charge on any atom is 0.0473 e. The Morgan fingerprint density at radius 3 is 2.32 bits per heavy atom. The highest BCUT2D eigenvalue weighted by molar-refractivity contribution is 6.10. The highest BCUT2D eigenvalue weighted by Crippen LogP contribution is 2.66. The van der Waals surface area contributed by atoms with Crippen LogP contribution in [-0.4, -0.2) is 0 Å². The number of benzene rings is 4. The second-order valence-corrected chi connectivity index (χ2v) is 15.4. The van der Waals surface area contributed by atoms with E-state index in [-0.39, 0.29) is 10.8 Å². The molecule has 220 valence electrons. The molecule has 0 heterocycles. The van der Waals surface area contributed by atoms with E-state index < -0.39 is 0 Å². The first kappa shape index (κ1) is 26.7. The minimum Gasteiger partial charge on any atom is -0.0681 e. The van der Waals surface area contributed by atoms with Crippen LogP contribution in [-0.2, 0) is 17.3 Å². The molecule has 1 spiro atoms. The molecule has 0 saturated heterocycles. The minimum absolute atomic E-state index is 0.0540. The van der Waals surface area contributed by atoms with Crippen LogP contribution in [0.5, 0.6) is 0 Å². The van der Waals surface area contributed by atoms with Gasteiger partial charge in [-0.25, -0.2) is 0 Å². The first-order chi connectivity index (χ1) is 21.2. The topological polar surface area (TPSA) is 0 Å². The smallest absolute Gasteiger partial charge is 0.0473 e. The average molecular weight is 573 g/mol. The van der Waals surface area contributed by atoms with Crippen molar-refractivity contribution in [3.63, 3.8) is 0 Å². The predicted molar refractivity (Wildman–Crippen MR) is 187 cm³/mol. The fourth-order valence-electron chi connectivity index (χ4n) is 11.1. The first-order valence-corrected chi connectivity index (χ1v) is 17.1. The van der Waals surface area contributed by atoms with E-state index in [0.717, 1.165) is 6.42 Å². The number of hydrogen-bond acceptors (Lipinski definition) is 0. The summed E-state index contributed by atoms with van der Waals surface area (Å²) < 4.78 is 0. The molecule has 4 aromatic carbocycles. The normalized spacial score (nSPS) is 24.6. The van der Waals surface area contributed by atoms with Gasteiger partial charge < -0.3 is 0 Å². The molecule has 0 heteroatoms. The molecule has 5 aliphatic rings. The van der Waals surface area contributed by atoms with Crippen molar-refractivity contribution >= 4 is 21.9 Å². The third kappa shape index (κ3) is 3.25. The van der Waals surface area contributed by atoms with Gasteiger partial charge >= 0.3 is 0 Å². The fraction of sp³-hybridized carbons (Fsp3) is 0.364. The van der Waals surface area contributed by atoms with Crippen molar-refractivity contribution in [3.05, 3.63) is 128 Å². The van der Waals surface area contributed by atoms with Crippen molar-refractivity contribution in [2.75, 3.05) is 0 Å². The summed E-state index contributed by atoms with van der Waals surface area (Å²) in [6, 6.07) is 24.2. The minimum atomic E-state index is -0.147. The highest BCUT2D eigenvalue weighted by atomic mass is 14.6. The molecular weight excluding hydrogens is 528 g/mol. The summed E-state index contributed by atoms with van der Waals surface area (Å²) in [5, 5.41) is 2.90. The molecule has 44 heavy (non-hydrogen) atoms. The van der Waals surface area contributed by atoms with E-state index in [0.29, 0.717) is 11.8 Å². The maximum absolute atomic E-state index is 2.73. The lowest BCUT2D eigenvalue weighted by Gasteiger charge is -2.47. The molecule has 9 rings (SSSR count). The van der Waals surface area contributed by atoms with Crippen molar-refractivity contribution in [2.45, 2.75) is 90.9 Å². The van der Waals surface area contributed by atoms with Gasteiger partial charge in [0, 0.05) is 10.8 Å². The van der Waals surface area contributed by atoms with Gasteiger partial charge in [0.25, 0.3) is 0 Å². The van der Waals surface area contributed by atoms with E-state index in [4.69, 9.17) is 0 Å². The van der Waals surface area contributed by atoms with Crippen molar-refractivity contribution in [1.29, 1.82) is 0 Å². The van der Waals surface area contributed by atoms with E-state index in [1.807, 2.05) is 0 Å². The van der Waals surface area contributed by atoms with Gasteiger partial charge in [-0.1, -0.05) is 123 Å². The lowest BCUT2D eigenvalue weighted by atomic mass is 9.56. The Morgan fingerprint density at radius 2 is 1.50 bits per heavy atom. The van der Waals surface area contributed by atoms with Crippen molar-refractivity contribution in [3.8, 4) is 11.1 Å². The number of fused-ring (bicyclic) bond motifs is 12. The molecule has 0 aromatic heterocycles. The van der Waals surface area contributed by atoms with E-state index in [9.17, 15) is 0 Å². The zero-order chi connectivity index (χ0) is 30.1. The summed E-state index contributed by atoms with van der Waals surface area (Å²) in [6.45, 7) is 14.5. The van der Waals surface area contributed by atoms with Crippen LogP contribution in [0.15, 0.2) is 84.0 Å². The van der Waals surface area contributed by atoms with Gasteiger partial charge in [-0.15, -0.1) is 0 Å². The summed E-state index contributed by atoms with van der Waals surface area (Å²) in [4.78, 5) is 0. The average Bonchev–Trinajstić information content (AvgIpc) is 3.59. The monoisotopic (exact) mass is 572 g/mol. The fourth-order valence-corrected chi connectivity index (χ4v) is 11.1. The third-order valence-corrected chi connectivity index (χ3v) is 12.4. The second-order valence-electron chi connectivity index (χ2n) is 15.4. The van der Waals surface area contributed by atoms with Gasteiger partial charge in [-0.2, -0.15) is 0 Å². The van der Waals surface area contributed by atoms with Crippen LogP contribution >= 0.6 is 0 Å². The molecule has 2 atom stereocenters. The van der Waals surface area contributed by atoms with Crippen LogP contribution in [0.25, 0.3) is 33.0 Å². The molecule has 4 aromatic rings. The van der Waals surface area contributed by atoms with Crippen molar-refractivity contribution in [2.24, 2.45) is 11.8 Å². The van der Waals surface area contributed by atoms with E-state index in [2.05, 4.69) is 114 Å². The molecule has 2 unspecified atom stereocenters. The van der Waals surface area contributed by atoms with Crippen LogP contribution in [0.2, 0.25) is 0 Å². The summed E-state index contributed by atoms with van der Waals surface area (Å²) in [7, 11) is 0. The van der Waals surface area contributed by atoms with Crippen molar-refractivity contribution < 1.29 is 0 Å². The van der Waals surface area contributed by atoms with E-state index in [1.54, 1.807) is 39.0 Å². The van der Waals surface area contributed by atoms with Crippen LogP contribution in [0.1, 0.15) is 104 Å². The lowest BCUT2D eigenvalue weighted by Crippen LogP contribution is -2.41. The molecule has 1 saturated carbocycles. The Labute approximate surface area is 263 Å². The summed E-state index contributed by atoms with van der Waals surface area (Å²) in [5.74, 6) is 1.20. The van der Waals surface area contributed by atoms with Gasteiger partial charge in [0.2, 0.25) is 0 Å². The Hall–Kier alpha value is -3.64. The molecule has 5 aliphatic carbocycles. The maximum atomic E-state index is 2.73. The zero-order valence-electron chi connectivity index (χ0n) is 27.3. The van der Waals surface area contributed by atoms with Crippen LogP contribution in [0.3, 0.4) is 0 Å². The molecule has 0 amide bonds. The predicted octanol–water partition coefficient (Wildman–Crippen LogP) is 11.6.